The highest BCUT2D eigenvalue weighted by Crippen LogP contribution is 2.19. The molecule has 104 valence electrons. The first-order chi connectivity index (χ1) is 8.74. The molecule has 1 aromatic heterocycles. The standard InChI is InChI=1S/C10H14N4O4S/c1-5-9(6(2)12-11-5)19(17,18)13-7-4-8(15)14(3)10(7)16/h7,13H,4H2,1-3H3,(H,11,12). The molecule has 1 saturated heterocycles. The third-order valence-corrected chi connectivity index (χ3v) is 4.74. The van der Waals surface area contributed by atoms with E-state index in [2.05, 4.69) is 14.9 Å². The number of hydrogen-bond donors (Lipinski definition) is 2. The Hall–Kier alpha value is -1.74. The van der Waals surface area contributed by atoms with E-state index in [4.69, 9.17) is 0 Å². The summed E-state index contributed by atoms with van der Waals surface area (Å²) in [6.45, 7) is 3.12. The molecule has 9 heteroatoms. The molecule has 0 aromatic carbocycles. The third kappa shape index (κ3) is 2.26. The highest BCUT2D eigenvalue weighted by atomic mass is 32.2. The molecule has 1 unspecified atom stereocenters. The van der Waals surface area contributed by atoms with Crippen molar-refractivity contribution in [1.29, 1.82) is 0 Å². The van der Waals surface area contributed by atoms with Crippen molar-refractivity contribution >= 4 is 21.8 Å². The summed E-state index contributed by atoms with van der Waals surface area (Å²) in [6, 6.07) is -1.05. The van der Waals surface area contributed by atoms with E-state index in [1.807, 2.05) is 0 Å². The Kier molecular flexibility index (Phi) is 3.19. The van der Waals surface area contributed by atoms with Gasteiger partial charge in [-0.3, -0.25) is 19.6 Å². The molecule has 2 N–H and O–H groups in total. The second kappa shape index (κ2) is 4.42. The van der Waals surface area contributed by atoms with Crippen LogP contribution >= 0.6 is 0 Å². The number of aromatic amines is 1. The van der Waals surface area contributed by atoms with Gasteiger partial charge in [0.2, 0.25) is 21.8 Å². The van der Waals surface area contributed by atoms with Gasteiger partial charge >= 0.3 is 0 Å². The molecule has 8 nitrogen and oxygen atoms in total. The Labute approximate surface area is 110 Å². The fraction of sp³-hybridized carbons (Fsp3) is 0.500. The number of rotatable bonds is 3. The van der Waals surface area contributed by atoms with Gasteiger partial charge in [0.05, 0.1) is 17.8 Å². The smallest absolute Gasteiger partial charge is 0.247 e. The molecule has 0 aliphatic carbocycles. The van der Waals surface area contributed by atoms with E-state index in [1.165, 1.54) is 7.05 Å². The average Bonchev–Trinajstić information content (AvgIpc) is 2.75. The highest BCUT2D eigenvalue weighted by molar-refractivity contribution is 7.89. The number of likely N-dealkylation sites (tertiary alicyclic amines) is 1. The SMILES string of the molecule is Cc1n[nH]c(C)c1S(=O)(=O)NC1CC(=O)N(C)C1=O. The molecule has 2 rings (SSSR count). The summed E-state index contributed by atoms with van der Waals surface area (Å²) in [7, 11) is -2.56. The lowest BCUT2D eigenvalue weighted by molar-refractivity contribution is -0.137. The molecule has 1 fully saturated rings. The summed E-state index contributed by atoms with van der Waals surface area (Å²) in [5.74, 6) is -0.953. The van der Waals surface area contributed by atoms with E-state index in [9.17, 15) is 18.0 Å². The number of aromatic nitrogens is 2. The maximum atomic E-state index is 12.2. The number of carbonyl (C=O) groups excluding carboxylic acids is 2. The number of amides is 2. The van der Waals surface area contributed by atoms with Gasteiger partial charge in [0, 0.05) is 7.05 Å². The van der Waals surface area contributed by atoms with Gasteiger partial charge in [-0.15, -0.1) is 0 Å². The summed E-state index contributed by atoms with van der Waals surface area (Å²) in [6.07, 6.45) is -0.162. The normalized spacial score (nSPS) is 20.4. The molecule has 0 spiro atoms. The first kappa shape index (κ1) is 13.7. The van der Waals surface area contributed by atoms with Crippen molar-refractivity contribution in [3.05, 3.63) is 11.4 Å². The molecule has 1 atom stereocenters. The molecule has 2 amide bonds. The van der Waals surface area contributed by atoms with Crippen LogP contribution in [0.25, 0.3) is 0 Å². The van der Waals surface area contributed by atoms with Gasteiger partial charge in [0.1, 0.15) is 10.9 Å². The number of H-pyrrole nitrogens is 1. The molecule has 0 saturated carbocycles. The van der Waals surface area contributed by atoms with Gasteiger partial charge in [-0.1, -0.05) is 0 Å². The predicted octanol–water partition coefficient (Wildman–Crippen LogP) is -0.938. The van der Waals surface area contributed by atoms with Crippen molar-refractivity contribution in [1.82, 2.24) is 19.8 Å². The Bertz CT molecular complexity index is 629. The quantitative estimate of drug-likeness (QED) is 0.697. The maximum Gasteiger partial charge on any atom is 0.247 e. The fourth-order valence-electron chi connectivity index (χ4n) is 2.03. The number of hydrogen-bond acceptors (Lipinski definition) is 5. The van der Waals surface area contributed by atoms with Crippen molar-refractivity contribution in [3.8, 4) is 0 Å². The third-order valence-electron chi connectivity index (χ3n) is 3.01. The number of imide groups is 1. The van der Waals surface area contributed by atoms with Crippen molar-refractivity contribution in [3.63, 3.8) is 0 Å². The van der Waals surface area contributed by atoms with Crippen LogP contribution in [0.3, 0.4) is 0 Å². The lowest BCUT2D eigenvalue weighted by Gasteiger charge is -2.11. The molecule has 1 aliphatic rings. The Morgan fingerprint density at radius 2 is 2.00 bits per heavy atom. The molecule has 2 heterocycles. The molecule has 0 radical (unpaired) electrons. The molecular weight excluding hydrogens is 272 g/mol. The summed E-state index contributed by atoms with van der Waals surface area (Å²) in [4.78, 5) is 24.0. The van der Waals surface area contributed by atoms with Gasteiger partial charge in [-0.2, -0.15) is 9.82 Å². The summed E-state index contributed by atoms with van der Waals surface area (Å²) < 4.78 is 26.6. The van der Waals surface area contributed by atoms with Gasteiger partial charge in [0.15, 0.2) is 0 Å². The predicted molar refractivity (Wildman–Crippen MR) is 64.6 cm³/mol. The van der Waals surface area contributed by atoms with Gasteiger partial charge in [0.25, 0.3) is 0 Å². The van der Waals surface area contributed by atoms with E-state index in [1.54, 1.807) is 13.8 Å². The Morgan fingerprint density at radius 3 is 2.42 bits per heavy atom. The number of likely N-dealkylation sites (N-methyl/N-ethyl adjacent to an activating group) is 1. The lowest BCUT2D eigenvalue weighted by atomic mass is 10.3. The van der Waals surface area contributed by atoms with E-state index in [0.29, 0.717) is 11.4 Å². The number of aryl methyl sites for hydroxylation is 2. The van der Waals surface area contributed by atoms with Crippen molar-refractivity contribution in [2.45, 2.75) is 31.2 Å². The molecule has 19 heavy (non-hydrogen) atoms. The summed E-state index contributed by atoms with van der Waals surface area (Å²) in [5, 5.41) is 6.36. The maximum absolute atomic E-state index is 12.2. The minimum absolute atomic E-state index is 0.0160. The van der Waals surface area contributed by atoms with Crippen LogP contribution in [-0.2, 0) is 19.6 Å². The minimum Gasteiger partial charge on any atom is -0.284 e. The fourth-order valence-corrected chi connectivity index (χ4v) is 3.59. The number of nitrogens with one attached hydrogen (secondary N) is 2. The zero-order valence-electron chi connectivity index (χ0n) is 10.7. The van der Waals surface area contributed by atoms with Crippen molar-refractivity contribution in [2.24, 2.45) is 0 Å². The van der Waals surface area contributed by atoms with Crippen LogP contribution in [0.4, 0.5) is 0 Å². The van der Waals surface area contributed by atoms with E-state index in [0.717, 1.165) is 4.90 Å². The summed E-state index contributed by atoms with van der Waals surface area (Å²) in [5.41, 5.74) is 0.699. The average molecular weight is 286 g/mol. The largest absolute Gasteiger partial charge is 0.284 e. The van der Waals surface area contributed by atoms with E-state index < -0.39 is 27.9 Å². The topological polar surface area (TPSA) is 112 Å². The first-order valence-corrected chi connectivity index (χ1v) is 7.06. The van der Waals surface area contributed by atoms with Crippen LogP contribution in [0.2, 0.25) is 0 Å². The summed E-state index contributed by atoms with van der Waals surface area (Å²) >= 11 is 0. The molecular formula is C10H14N4O4S. The molecule has 1 aromatic rings. The van der Waals surface area contributed by atoms with E-state index >= 15 is 0 Å². The van der Waals surface area contributed by atoms with Gasteiger partial charge in [-0.25, -0.2) is 8.42 Å². The van der Waals surface area contributed by atoms with Crippen LogP contribution < -0.4 is 4.72 Å². The van der Waals surface area contributed by atoms with Crippen molar-refractivity contribution < 1.29 is 18.0 Å². The monoisotopic (exact) mass is 286 g/mol. The number of nitrogens with zero attached hydrogens (tertiary/aromatic N) is 2. The van der Waals surface area contributed by atoms with Crippen LogP contribution in [0.5, 0.6) is 0 Å². The number of carbonyl (C=O) groups is 2. The Balaban J connectivity index is 2.29. The zero-order valence-corrected chi connectivity index (χ0v) is 11.5. The van der Waals surface area contributed by atoms with Gasteiger partial charge < -0.3 is 0 Å². The van der Waals surface area contributed by atoms with Gasteiger partial charge in [-0.05, 0) is 13.8 Å². The van der Waals surface area contributed by atoms with Crippen LogP contribution in [0.1, 0.15) is 17.8 Å². The lowest BCUT2D eigenvalue weighted by Crippen LogP contribution is -2.40. The van der Waals surface area contributed by atoms with Crippen LogP contribution in [-0.4, -0.2) is 48.4 Å². The van der Waals surface area contributed by atoms with Crippen LogP contribution in [0, 0.1) is 13.8 Å². The number of sulfonamides is 1. The highest BCUT2D eigenvalue weighted by Gasteiger charge is 2.39. The Morgan fingerprint density at radius 1 is 1.37 bits per heavy atom. The molecule has 1 aliphatic heterocycles. The second-order valence-corrected chi connectivity index (χ2v) is 6.08. The zero-order chi connectivity index (χ0) is 14.4. The van der Waals surface area contributed by atoms with Crippen LogP contribution in [0.15, 0.2) is 4.90 Å². The second-order valence-electron chi connectivity index (χ2n) is 4.43. The molecule has 0 bridgehead atoms. The first-order valence-electron chi connectivity index (χ1n) is 5.58. The van der Waals surface area contributed by atoms with E-state index in [-0.39, 0.29) is 11.3 Å². The minimum atomic E-state index is -3.88. The van der Waals surface area contributed by atoms with Crippen molar-refractivity contribution in [2.75, 3.05) is 7.05 Å².